The van der Waals surface area contributed by atoms with Gasteiger partial charge in [0.2, 0.25) is 0 Å². The average molecular weight is 228 g/mol. The summed E-state index contributed by atoms with van der Waals surface area (Å²) in [5, 5.41) is 9.25. The molecule has 0 bridgehead atoms. The van der Waals surface area contributed by atoms with E-state index >= 15 is 0 Å². The Morgan fingerprint density at radius 3 is 2.93 bits per heavy atom. The Balaban J connectivity index is 2.73. The van der Waals surface area contributed by atoms with Crippen molar-refractivity contribution >= 4 is 11.6 Å². The number of alkyl halides is 1. The van der Waals surface area contributed by atoms with Crippen molar-refractivity contribution in [1.82, 2.24) is 0 Å². The summed E-state index contributed by atoms with van der Waals surface area (Å²) < 4.78 is 18.1. The Morgan fingerprint density at radius 1 is 1.60 bits per heavy atom. The van der Waals surface area contributed by atoms with Gasteiger partial charge in [-0.2, -0.15) is 5.26 Å². The molecule has 0 aliphatic carbocycles. The highest BCUT2D eigenvalue weighted by Gasteiger charge is 2.08. The maximum atomic E-state index is 12.9. The van der Waals surface area contributed by atoms with Crippen molar-refractivity contribution < 1.29 is 9.13 Å². The van der Waals surface area contributed by atoms with Gasteiger partial charge >= 0.3 is 0 Å². The first-order valence-corrected chi connectivity index (χ1v) is 5.01. The van der Waals surface area contributed by atoms with Crippen molar-refractivity contribution in [2.24, 2.45) is 0 Å². The molecule has 0 aromatic heterocycles. The van der Waals surface area contributed by atoms with Gasteiger partial charge in [-0.05, 0) is 24.6 Å². The highest BCUT2D eigenvalue weighted by Crippen LogP contribution is 2.22. The number of benzene rings is 1. The molecule has 0 N–H and O–H groups in total. The SMILES string of the molecule is CC[C@H](F)COc1ccc(Cl)cc1C#N. The number of nitriles is 1. The number of halogens is 2. The Bertz CT molecular complexity index is 375. The summed E-state index contributed by atoms with van der Waals surface area (Å²) in [5.74, 6) is 0.373. The largest absolute Gasteiger partial charge is 0.489 e. The van der Waals surface area contributed by atoms with Crippen LogP contribution in [-0.2, 0) is 0 Å². The van der Waals surface area contributed by atoms with Crippen LogP contribution in [0.25, 0.3) is 0 Å². The van der Waals surface area contributed by atoms with Crippen molar-refractivity contribution in [3.8, 4) is 11.8 Å². The van der Waals surface area contributed by atoms with Gasteiger partial charge in [0.15, 0.2) is 0 Å². The van der Waals surface area contributed by atoms with Crippen molar-refractivity contribution in [3.63, 3.8) is 0 Å². The Labute approximate surface area is 93.2 Å². The summed E-state index contributed by atoms with van der Waals surface area (Å²) >= 11 is 5.70. The zero-order chi connectivity index (χ0) is 11.3. The summed E-state index contributed by atoms with van der Waals surface area (Å²) in [4.78, 5) is 0. The van der Waals surface area contributed by atoms with E-state index in [1.807, 2.05) is 6.07 Å². The number of nitrogens with zero attached hydrogens (tertiary/aromatic N) is 1. The van der Waals surface area contributed by atoms with Crippen molar-refractivity contribution in [1.29, 1.82) is 5.26 Å². The van der Waals surface area contributed by atoms with E-state index in [9.17, 15) is 4.39 Å². The minimum absolute atomic E-state index is 0.0349. The van der Waals surface area contributed by atoms with Crippen LogP contribution in [0.3, 0.4) is 0 Å². The first-order valence-electron chi connectivity index (χ1n) is 4.64. The molecule has 0 fully saturated rings. The van der Waals surface area contributed by atoms with E-state index in [0.29, 0.717) is 22.8 Å². The van der Waals surface area contributed by atoms with Gasteiger partial charge in [-0.25, -0.2) is 4.39 Å². The van der Waals surface area contributed by atoms with Gasteiger partial charge in [0.1, 0.15) is 24.6 Å². The number of hydrogen-bond acceptors (Lipinski definition) is 2. The lowest BCUT2D eigenvalue weighted by Gasteiger charge is -2.09. The van der Waals surface area contributed by atoms with E-state index in [0.717, 1.165) is 0 Å². The van der Waals surface area contributed by atoms with Crippen molar-refractivity contribution in [2.75, 3.05) is 6.61 Å². The normalized spacial score (nSPS) is 11.9. The van der Waals surface area contributed by atoms with E-state index in [2.05, 4.69) is 0 Å². The van der Waals surface area contributed by atoms with Crippen LogP contribution >= 0.6 is 11.6 Å². The van der Waals surface area contributed by atoms with E-state index in [1.165, 1.54) is 6.07 Å². The summed E-state index contributed by atoms with van der Waals surface area (Å²) in [6.07, 6.45) is -0.609. The molecule has 0 saturated carbocycles. The molecule has 80 valence electrons. The first-order chi connectivity index (χ1) is 7.17. The molecule has 0 aliphatic rings. The van der Waals surface area contributed by atoms with Gasteiger partial charge in [0.25, 0.3) is 0 Å². The fraction of sp³-hybridized carbons (Fsp3) is 0.364. The average Bonchev–Trinajstić information content (AvgIpc) is 2.26. The summed E-state index contributed by atoms with van der Waals surface area (Å²) in [6.45, 7) is 1.70. The van der Waals surface area contributed by atoms with Gasteiger partial charge < -0.3 is 4.74 Å². The zero-order valence-corrected chi connectivity index (χ0v) is 9.09. The molecule has 1 aromatic rings. The fourth-order valence-corrected chi connectivity index (χ4v) is 1.19. The minimum Gasteiger partial charge on any atom is -0.489 e. The van der Waals surface area contributed by atoms with Crippen LogP contribution in [0.1, 0.15) is 18.9 Å². The highest BCUT2D eigenvalue weighted by molar-refractivity contribution is 6.30. The molecule has 0 saturated heterocycles. The maximum Gasteiger partial charge on any atom is 0.137 e. The number of rotatable bonds is 4. The molecule has 15 heavy (non-hydrogen) atoms. The Kier molecular flexibility index (Phi) is 4.38. The smallest absolute Gasteiger partial charge is 0.137 e. The molecule has 1 aromatic carbocycles. The fourth-order valence-electron chi connectivity index (χ4n) is 1.01. The van der Waals surface area contributed by atoms with E-state index < -0.39 is 6.17 Å². The Morgan fingerprint density at radius 2 is 2.33 bits per heavy atom. The Hall–Kier alpha value is -1.27. The predicted molar refractivity (Wildman–Crippen MR) is 56.8 cm³/mol. The van der Waals surface area contributed by atoms with Crippen LogP contribution in [0.4, 0.5) is 4.39 Å². The molecule has 0 unspecified atom stereocenters. The molecule has 1 rings (SSSR count). The topological polar surface area (TPSA) is 33.0 Å². The first kappa shape index (κ1) is 11.8. The molecular weight excluding hydrogens is 217 g/mol. The zero-order valence-electron chi connectivity index (χ0n) is 8.34. The molecule has 2 nitrogen and oxygen atoms in total. The van der Waals surface area contributed by atoms with Crippen LogP contribution in [0.5, 0.6) is 5.75 Å². The third kappa shape index (κ3) is 3.41. The molecule has 4 heteroatoms. The van der Waals surface area contributed by atoms with Gasteiger partial charge in [-0.3, -0.25) is 0 Å². The van der Waals surface area contributed by atoms with Crippen LogP contribution in [0.2, 0.25) is 5.02 Å². The molecule has 0 radical (unpaired) electrons. The lowest BCUT2D eigenvalue weighted by Crippen LogP contribution is -2.11. The second-order valence-corrected chi connectivity index (χ2v) is 3.51. The third-order valence-corrected chi connectivity index (χ3v) is 2.16. The van der Waals surface area contributed by atoms with Crippen molar-refractivity contribution in [2.45, 2.75) is 19.5 Å². The van der Waals surface area contributed by atoms with E-state index in [-0.39, 0.29) is 6.61 Å². The monoisotopic (exact) mass is 227 g/mol. The molecule has 0 heterocycles. The van der Waals surface area contributed by atoms with Gasteiger partial charge in [0, 0.05) is 5.02 Å². The minimum atomic E-state index is -1.01. The number of hydrogen-bond donors (Lipinski definition) is 0. The van der Waals surface area contributed by atoms with Crippen LogP contribution < -0.4 is 4.74 Å². The standard InChI is InChI=1S/C11H11ClFNO/c1-2-10(13)7-15-11-4-3-9(12)5-8(11)6-14/h3-5,10H,2,7H2,1H3/t10-/m0/s1. The molecule has 0 amide bonds. The van der Waals surface area contributed by atoms with Gasteiger partial charge in [0.05, 0.1) is 5.56 Å². The summed E-state index contributed by atoms with van der Waals surface area (Å²) in [7, 11) is 0. The summed E-state index contributed by atoms with van der Waals surface area (Å²) in [5.41, 5.74) is 0.325. The van der Waals surface area contributed by atoms with Crippen LogP contribution in [-0.4, -0.2) is 12.8 Å². The lowest BCUT2D eigenvalue weighted by atomic mass is 10.2. The summed E-state index contributed by atoms with van der Waals surface area (Å²) in [6, 6.07) is 6.62. The second kappa shape index (κ2) is 5.57. The molecule has 0 spiro atoms. The van der Waals surface area contributed by atoms with E-state index in [4.69, 9.17) is 21.6 Å². The quantitative estimate of drug-likeness (QED) is 0.790. The predicted octanol–water partition coefficient (Wildman–Crippen LogP) is 3.34. The molecule has 0 aliphatic heterocycles. The van der Waals surface area contributed by atoms with Crippen LogP contribution in [0.15, 0.2) is 18.2 Å². The van der Waals surface area contributed by atoms with Crippen LogP contribution in [0, 0.1) is 11.3 Å². The van der Waals surface area contributed by atoms with Gasteiger partial charge in [-0.15, -0.1) is 0 Å². The third-order valence-electron chi connectivity index (χ3n) is 1.92. The van der Waals surface area contributed by atoms with Gasteiger partial charge in [-0.1, -0.05) is 18.5 Å². The van der Waals surface area contributed by atoms with Crippen molar-refractivity contribution in [3.05, 3.63) is 28.8 Å². The lowest BCUT2D eigenvalue weighted by molar-refractivity contribution is 0.191. The second-order valence-electron chi connectivity index (χ2n) is 3.07. The van der Waals surface area contributed by atoms with E-state index in [1.54, 1.807) is 19.1 Å². The molecule has 1 atom stereocenters. The highest BCUT2D eigenvalue weighted by atomic mass is 35.5. The molecular formula is C11H11ClFNO. The number of ether oxygens (including phenoxy) is 1. The maximum absolute atomic E-state index is 12.9.